The first kappa shape index (κ1) is 15.4. The van der Waals surface area contributed by atoms with E-state index >= 15 is 0 Å². The van der Waals surface area contributed by atoms with Crippen molar-refractivity contribution in [1.82, 2.24) is 4.90 Å². The van der Waals surface area contributed by atoms with Gasteiger partial charge in [0.05, 0.1) is 0 Å². The van der Waals surface area contributed by atoms with Crippen molar-refractivity contribution < 1.29 is 22.4 Å². The Morgan fingerprint density at radius 3 is 2.12 bits per heavy atom. The van der Waals surface area contributed by atoms with Gasteiger partial charge in [0.25, 0.3) is 5.91 Å². The van der Waals surface area contributed by atoms with E-state index in [4.69, 9.17) is 5.73 Å². The van der Waals surface area contributed by atoms with E-state index in [1.165, 1.54) is 0 Å². The zero-order chi connectivity index (χ0) is 11.6. The van der Waals surface area contributed by atoms with Crippen LogP contribution in [-0.2, 0) is 4.79 Å². The first-order valence-electron chi connectivity index (χ1n) is 4.56. The number of hydrogen-bond donors (Lipinski definition) is 1. The molecule has 0 aromatic rings. The third-order valence-corrected chi connectivity index (χ3v) is 2.39. The number of halogens is 5. The van der Waals surface area contributed by atoms with E-state index < -0.39 is 18.3 Å². The molecule has 16 heavy (non-hydrogen) atoms. The van der Waals surface area contributed by atoms with Crippen molar-refractivity contribution in [2.45, 2.75) is 31.2 Å². The average Bonchev–Trinajstić information content (AvgIpc) is 2.17. The van der Waals surface area contributed by atoms with Crippen LogP contribution in [-0.4, -0.2) is 42.3 Å². The molecule has 0 unspecified atom stereocenters. The Morgan fingerprint density at radius 1 is 1.31 bits per heavy atom. The highest BCUT2D eigenvalue weighted by atomic mass is 35.5. The third kappa shape index (κ3) is 3.21. The molecule has 0 spiro atoms. The van der Waals surface area contributed by atoms with Gasteiger partial charge in [-0.3, -0.25) is 4.79 Å². The predicted octanol–water partition coefficient (Wildman–Crippen LogP) is 1.26. The summed E-state index contributed by atoms with van der Waals surface area (Å²) in [5, 5.41) is 0. The van der Waals surface area contributed by atoms with E-state index in [9.17, 15) is 22.4 Å². The molecule has 0 aromatic heterocycles. The number of alkyl halides is 4. The Hall–Kier alpha value is -0.560. The quantitative estimate of drug-likeness (QED) is 0.763. The van der Waals surface area contributed by atoms with Crippen LogP contribution in [0, 0.1) is 0 Å². The van der Waals surface area contributed by atoms with Gasteiger partial charge < -0.3 is 10.6 Å². The van der Waals surface area contributed by atoms with Crippen LogP contribution in [0.3, 0.4) is 0 Å². The predicted molar refractivity (Wildman–Crippen MR) is 52.0 cm³/mol. The van der Waals surface area contributed by atoms with Gasteiger partial charge in [-0.2, -0.15) is 8.78 Å². The Bertz CT molecular complexity index is 244. The monoisotopic (exact) mass is 264 g/mol. The maximum absolute atomic E-state index is 12.6. The normalized spacial score (nSPS) is 18.5. The molecule has 1 amide bonds. The number of piperidine rings is 1. The van der Waals surface area contributed by atoms with E-state index in [0.717, 1.165) is 4.90 Å². The summed E-state index contributed by atoms with van der Waals surface area (Å²) in [6, 6.07) is -0.144. The summed E-state index contributed by atoms with van der Waals surface area (Å²) < 4.78 is 49.0. The van der Waals surface area contributed by atoms with Crippen LogP contribution in [0.5, 0.6) is 0 Å². The average molecular weight is 265 g/mol. The highest BCUT2D eigenvalue weighted by Crippen LogP contribution is 2.26. The lowest BCUT2D eigenvalue weighted by molar-refractivity contribution is -0.181. The minimum atomic E-state index is -4.58. The molecule has 1 heterocycles. The first-order chi connectivity index (χ1) is 6.85. The van der Waals surface area contributed by atoms with Gasteiger partial charge in [-0.05, 0) is 12.8 Å². The largest absolute Gasteiger partial charge is 0.383 e. The lowest BCUT2D eigenvalue weighted by Gasteiger charge is -2.32. The number of nitrogens with two attached hydrogens (primary N) is 1. The van der Waals surface area contributed by atoms with Crippen molar-refractivity contribution in [1.29, 1.82) is 0 Å². The summed E-state index contributed by atoms with van der Waals surface area (Å²) in [5.41, 5.74) is 5.49. The Balaban J connectivity index is 0.00000225. The maximum atomic E-state index is 12.6. The summed E-state index contributed by atoms with van der Waals surface area (Å²) in [7, 11) is 0. The van der Waals surface area contributed by atoms with Gasteiger partial charge in [0, 0.05) is 19.1 Å². The molecular weight excluding hydrogens is 252 g/mol. The van der Waals surface area contributed by atoms with Gasteiger partial charge in [0.1, 0.15) is 0 Å². The number of rotatable bonds is 2. The number of hydrogen-bond acceptors (Lipinski definition) is 2. The minimum absolute atomic E-state index is 0. The van der Waals surface area contributed by atoms with Crippen LogP contribution in [0.25, 0.3) is 0 Å². The molecule has 0 aromatic carbocycles. The zero-order valence-corrected chi connectivity index (χ0v) is 9.15. The Morgan fingerprint density at radius 2 is 1.75 bits per heavy atom. The Labute approximate surface area is 96.4 Å². The molecule has 3 nitrogen and oxygen atoms in total. The third-order valence-electron chi connectivity index (χ3n) is 2.39. The van der Waals surface area contributed by atoms with E-state index in [1.807, 2.05) is 0 Å². The molecule has 1 saturated heterocycles. The Kier molecular flexibility index (Phi) is 5.48. The second-order valence-electron chi connectivity index (χ2n) is 3.55. The van der Waals surface area contributed by atoms with Crippen molar-refractivity contribution in [3.05, 3.63) is 0 Å². The standard InChI is InChI=1S/C8H12F4N2O.ClH/c9-6(10)8(11,12)7(15)14-3-1-5(13)2-4-14;/h5-6H,1-4,13H2;1H. The fraction of sp³-hybridized carbons (Fsp3) is 0.875. The van der Waals surface area contributed by atoms with Gasteiger partial charge >= 0.3 is 12.3 Å². The highest BCUT2D eigenvalue weighted by molar-refractivity contribution is 5.85. The van der Waals surface area contributed by atoms with Crippen molar-refractivity contribution >= 4 is 18.3 Å². The SMILES string of the molecule is Cl.NC1CCN(C(=O)C(F)(F)C(F)F)CC1. The molecule has 1 fully saturated rings. The van der Waals surface area contributed by atoms with Gasteiger partial charge in [0.2, 0.25) is 0 Å². The van der Waals surface area contributed by atoms with Crippen LogP contribution >= 0.6 is 12.4 Å². The summed E-state index contributed by atoms with van der Waals surface area (Å²) in [6.45, 7) is 0.0324. The summed E-state index contributed by atoms with van der Waals surface area (Å²) in [4.78, 5) is 11.8. The number of nitrogens with zero attached hydrogens (tertiary/aromatic N) is 1. The summed E-state index contributed by atoms with van der Waals surface area (Å²) in [6.07, 6.45) is -3.23. The van der Waals surface area contributed by atoms with Crippen LogP contribution < -0.4 is 5.73 Å². The van der Waals surface area contributed by atoms with Crippen LogP contribution in [0.15, 0.2) is 0 Å². The smallest absolute Gasteiger partial charge is 0.337 e. The van der Waals surface area contributed by atoms with Crippen molar-refractivity contribution in [2.24, 2.45) is 5.73 Å². The molecule has 1 aliphatic heterocycles. The minimum Gasteiger partial charge on any atom is -0.337 e. The lowest BCUT2D eigenvalue weighted by atomic mass is 10.1. The number of carbonyl (C=O) groups excluding carboxylic acids is 1. The van der Waals surface area contributed by atoms with Gasteiger partial charge in [-0.25, -0.2) is 8.78 Å². The number of likely N-dealkylation sites (tertiary alicyclic amines) is 1. The van der Waals surface area contributed by atoms with Gasteiger partial charge in [0.15, 0.2) is 0 Å². The molecule has 8 heteroatoms. The number of carbonyl (C=O) groups is 1. The van der Waals surface area contributed by atoms with Crippen LogP contribution in [0.1, 0.15) is 12.8 Å². The highest BCUT2D eigenvalue weighted by Gasteiger charge is 2.51. The molecule has 0 radical (unpaired) electrons. The molecule has 0 aliphatic carbocycles. The molecule has 0 bridgehead atoms. The molecule has 1 aliphatic rings. The molecule has 0 saturated carbocycles. The lowest BCUT2D eigenvalue weighted by Crippen LogP contribution is -2.51. The first-order valence-corrected chi connectivity index (χ1v) is 4.56. The zero-order valence-electron chi connectivity index (χ0n) is 8.34. The summed E-state index contributed by atoms with van der Waals surface area (Å²) >= 11 is 0. The summed E-state index contributed by atoms with van der Waals surface area (Å²) in [5.74, 6) is -6.38. The van der Waals surface area contributed by atoms with Crippen molar-refractivity contribution in [3.8, 4) is 0 Å². The van der Waals surface area contributed by atoms with E-state index in [0.29, 0.717) is 12.8 Å². The molecular formula is C8H13ClF4N2O. The molecule has 0 atom stereocenters. The van der Waals surface area contributed by atoms with Crippen molar-refractivity contribution in [3.63, 3.8) is 0 Å². The van der Waals surface area contributed by atoms with Crippen LogP contribution in [0.2, 0.25) is 0 Å². The fourth-order valence-corrected chi connectivity index (χ4v) is 1.41. The second kappa shape index (κ2) is 5.67. The van der Waals surface area contributed by atoms with Gasteiger partial charge in [-0.1, -0.05) is 0 Å². The van der Waals surface area contributed by atoms with E-state index in [2.05, 4.69) is 0 Å². The fourth-order valence-electron chi connectivity index (χ4n) is 1.41. The molecule has 2 N–H and O–H groups in total. The van der Waals surface area contributed by atoms with E-state index in [-0.39, 0.29) is 31.5 Å². The van der Waals surface area contributed by atoms with Crippen molar-refractivity contribution in [2.75, 3.05) is 13.1 Å². The molecule has 1 rings (SSSR count). The number of amides is 1. The second-order valence-corrected chi connectivity index (χ2v) is 3.55. The topological polar surface area (TPSA) is 46.3 Å². The molecule has 96 valence electrons. The van der Waals surface area contributed by atoms with E-state index in [1.54, 1.807) is 0 Å². The maximum Gasteiger partial charge on any atom is 0.383 e. The van der Waals surface area contributed by atoms with Gasteiger partial charge in [-0.15, -0.1) is 12.4 Å². The van der Waals surface area contributed by atoms with Crippen LogP contribution in [0.4, 0.5) is 17.6 Å².